The van der Waals surface area contributed by atoms with E-state index in [1.165, 1.54) is 12.1 Å². The van der Waals surface area contributed by atoms with Crippen LogP contribution in [-0.2, 0) is 0 Å². The maximum Gasteiger partial charge on any atom is 0.271 e. The van der Waals surface area contributed by atoms with Gasteiger partial charge >= 0.3 is 0 Å². The zero-order valence-corrected chi connectivity index (χ0v) is 8.76. The summed E-state index contributed by atoms with van der Waals surface area (Å²) in [4.78, 5) is 10.1. The maximum atomic E-state index is 10.5. The lowest BCUT2D eigenvalue weighted by atomic mass is 10.2. The van der Waals surface area contributed by atoms with Gasteiger partial charge in [-0.3, -0.25) is 10.1 Å². The Morgan fingerprint density at radius 2 is 2.21 bits per heavy atom. The van der Waals surface area contributed by atoms with Gasteiger partial charge in [0.2, 0.25) is 0 Å². The van der Waals surface area contributed by atoms with Crippen molar-refractivity contribution in [2.24, 2.45) is 0 Å². The van der Waals surface area contributed by atoms with Crippen molar-refractivity contribution in [1.29, 1.82) is 0 Å². The Balaban J connectivity index is 3.18. The van der Waals surface area contributed by atoms with Gasteiger partial charge in [0.05, 0.1) is 15.6 Å². The summed E-state index contributed by atoms with van der Waals surface area (Å²) < 4.78 is 0. The molecule has 0 aliphatic rings. The molecule has 0 aliphatic heterocycles. The molecule has 0 bridgehead atoms. The number of non-ortho nitro benzene ring substituents is 1. The van der Waals surface area contributed by atoms with Gasteiger partial charge in [0.1, 0.15) is 0 Å². The third-order valence-corrected chi connectivity index (χ3v) is 2.13. The molecule has 0 radical (unpaired) electrons. The van der Waals surface area contributed by atoms with E-state index in [0.29, 0.717) is 5.02 Å². The van der Waals surface area contributed by atoms with Crippen LogP contribution < -0.4 is 5.32 Å². The van der Waals surface area contributed by atoms with E-state index in [0.717, 1.165) is 17.8 Å². The van der Waals surface area contributed by atoms with Crippen LogP contribution in [0.3, 0.4) is 0 Å². The summed E-state index contributed by atoms with van der Waals surface area (Å²) in [6, 6.07) is 2.86. The first-order valence-corrected chi connectivity index (χ1v) is 4.62. The van der Waals surface area contributed by atoms with E-state index in [-0.39, 0.29) is 5.69 Å². The zero-order chi connectivity index (χ0) is 10.7. The molecule has 0 aromatic heterocycles. The van der Waals surface area contributed by atoms with Gasteiger partial charge in [0, 0.05) is 18.7 Å². The summed E-state index contributed by atoms with van der Waals surface area (Å²) >= 11 is 5.89. The van der Waals surface area contributed by atoms with Gasteiger partial charge < -0.3 is 5.32 Å². The number of nitro groups is 1. The van der Waals surface area contributed by atoms with E-state index in [2.05, 4.69) is 5.32 Å². The summed E-state index contributed by atoms with van der Waals surface area (Å²) in [5.74, 6) is 0. The molecular formula is C9H11ClN2O2. The van der Waals surface area contributed by atoms with Crippen molar-refractivity contribution in [2.45, 2.75) is 13.8 Å². The topological polar surface area (TPSA) is 55.2 Å². The third-order valence-electron chi connectivity index (χ3n) is 1.84. The van der Waals surface area contributed by atoms with Crippen molar-refractivity contribution in [2.75, 3.05) is 11.9 Å². The first kappa shape index (κ1) is 10.8. The Morgan fingerprint density at radius 1 is 1.57 bits per heavy atom. The number of rotatable bonds is 3. The van der Waals surface area contributed by atoms with Gasteiger partial charge in [0.25, 0.3) is 5.69 Å². The minimum absolute atomic E-state index is 0.0224. The average Bonchev–Trinajstić information content (AvgIpc) is 2.10. The number of anilines is 1. The molecule has 0 fully saturated rings. The minimum Gasteiger partial charge on any atom is -0.384 e. The molecule has 1 aromatic carbocycles. The first-order chi connectivity index (χ1) is 6.56. The fraction of sp³-hybridized carbons (Fsp3) is 0.333. The van der Waals surface area contributed by atoms with Crippen LogP contribution in [0.1, 0.15) is 12.5 Å². The molecule has 14 heavy (non-hydrogen) atoms. The molecule has 0 heterocycles. The Morgan fingerprint density at radius 3 is 2.64 bits per heavy atom. The predicted molar refractivity (Wildman–Crippen MR) is 57.0 cm³/mol. The second-order valence-corrected chi connectivity index (χ2v) is 3.31. The van der Waals surface area contributed by atoms with Gasteiger partial charge in [-0.15, -0.1) is 0 Å². The molecular weight excluding hydrogens is 204 g/mol. The van der Waals surface area contributed by atoms with Gasteiger partial charge in [-0.1, -0.05) is 11.6 Å². The Labute approximate surface area is 87.0 Å². The lowest BCUT2D eigenvalue weighted by Gasteiger charge is -2.08. The molecule has 0 unspecified atom stereocenters. The van der Waals surface area contributed by atoms with Crippen molar-refractivity contribution in [3.8, 4) is 0 Å². The fourth-order valence-electron chi connectivity index (χ4n) is 1.23. The molecule has 76 valence electrons. The molecule has 1 N–H and O–H groups in total. The molecule has 4 nitrogen and oxygen atoms in total. The van der Waals surface area contributed by atoms with Crippen LogP contribution in [0.15, 0.2) is 12.1 Å². The number of nitrogens with zero attached hydrogens (tertiary/aromatic N) is 1. The van der Waals surface area contributed by atoms with Gasteiger partial charge in [-0.25, -0.2) is 0 Å². The summed E-state index contributed by atoms with van der Waals surface area (Å²) in [7, 11) is 0. The quantitative estimate of drug-likeness (QED) is 0.622. The standard InChI is InChI=1S/C9H11ClN2O2/c1-3-11-9-6(2)4-7(12(13)14)5-8(9)10/h4-5,11H,3H2,1-2H3. The highest BCUT2D eigenvalue weighted by molar-refractivity contribution is 6.33. The van der Waals surface area contributed by atoms with E-state index < -0.39 is 4.92 Å². The highest BCUT2D eigenvalue weighted by Gasteiger charge is 2.12. The molecule has 0 aliphatic carbocycles. The largest absolute Gasteiger partial charge is 0.384 e. The number of hydrogen-bond donors (Lipinski definition) is 1. The first-order valence-electron chi connectivity index (χ1n) is 4.24. The predicted octanol–water partition coefficient (Wildman–Crippen LogP) is 2.99. The van der Waals surface area contributed by atoms with E-state index in [1.807, 2.05) is 6.92 Å². The number of nitrogens with one attached hydrogen (secondary N) is 1. The highest BCUT2D eigenvalue weighted by atomic mass is 35.5. The van der Waals surface area contributed by atoms with Crippen LogP contribution >= 0.6 is 11.6 Å². The van der Waals surface area contributed by atoms with Crippen molar-refractivity contribution in [1.82, 2.24) is 0 Å². The Bertz CT molecular complexity index is 343. The number of aryl methyl sites for hydroxylation is 1. The third kappa shape index (κ3) is 2.14. The molecule has 1 aromatic rings. The molecule has 0 saturated carbocycles. The Hall–Kier alpha value is -1.29. The van der Waals surface area contributed by atoms with Gasteiger partial charge in [0.15, 0.2) is 0 Å². The summed E-state index contributed by atoms with van der Waals surface area (Å²) in [5, 5.41) is 13.9. The average molecular weight is 215 g/mol. The van der Waals surface area contributed by atoms with Crippen molar-refractivity contribution in [3.05, 3.63) is 32.8 Å². The monoisotopic (exact) mass is 214 g/mol. The molecule has 0 saturated heterocycles. The maximum absolute atomic E-state index is 10.5. The Kier molecular flexibility index (Phi) is 3.30. The van der Waals surface area contributed by atoms with Crippen LogP contribution in [0.2, 0.25) is 5.02 Å². The van der Waals surface area contributed by atoms with Crippen LogP contribution in [0.5, 0.6) is 0 Å². The zero-order valence-electron chi connectivity index (χ0n) is 8.00. The lowest BCUT2D eigenvalue weighted by molar-refractivity contribution is -0.384. The van der Waals surface area contributed by atoms with Crippen LogP contribution in [-0.4, -0.2) is 11.5 Å². The van der Waals surface area contributed by atoms with E-state index in [9.17, 15) is 10.1 Å². The van der Waals surface area contributed by atoms with Crippen LogP contribution in [0.4, 0.5) is 11.4 Å². The molecule has 0 amide bonds. The number of hydrogen-bond acceptors (Lipinski definition) is 3. The molecule has 0 atom stereocenters. The van der Waals surface area contributed by atoms with Crippen molar-refractivity contribution in [3.63, 3.8) is 0 Å². The fourth-order valence-corrected chi connectivity index (χ4v) is 1.56. The SMILES string of the molecule is CCNc1c(C)cc([N+](=O)[O-])cc1Cl. The van der Waals surface area contributed by atoms with E-state index in [1.54, 1.807) is 6.92 Å². The number of benzene rings is 1. The number of halogens is 1. The van der Waals surface area contributed by atoms with Crippen LogP contribution in [0, 0.1) is 17.0 Å². The van der Waals surface area contributed by atoms with Crippen molar-refractivity contribution < 1.29 is 4.92 Å². The molecule has 5 heteroatoms. The second kappa shape index (κ2) is 4.28. The van der Waals surface area contributed by atoms with Crippen molar-refractivity contribution >= 4 is 23.0 Å². The second-order valence-electron chi connectivity index (χ2n) is 2.91. The van der Waals surface area contributed by atoms with Crippen LogP contribution in [0.25, 0.3) is 0 Å². The summed E-state index contributed by atoms with van der Waals surface area (Å²) in [6.07, 6.45) is 0. The number of nitro benzene ring substituents is 1. The highest BCUT2D eigenvalue weighted by Crippen LogP contribution is 2.30. The van der Waals surface area contributed by atoms with E-state index >= 15 is 0 Å². The van der Waals surface area contributed by atoms with Gasteiger partial charge in [-0.05, 0) is 19.4 Å². The smallest absolute Gasteiger partial charge is 0.271 e. The summed E-state index contributed by atoms with van der Waals surface area (Å²) in [6.45, 7) is 4.46. The minimum atomic E-state index is -0.450. The lowest BCUT2D eigenvalue weighted by Crippen LogP contribution is -2.00. The van der Waals surface area contributed by atoms with E-state index in [4.69, 9.17) is 11.6 Å². The molecule has 0 spiro atoms. The van der Waals surface area contributed by atoms with Gasteiger partial charge in [-0.2, -0.15) is 0 Å². The molecule has 1 rings (SSSR count). The normalized spacial score (nSPS) is 9.93. The summed E-state index contributed by atoms with van der Waals surface area (Å²) in [5.41, 5.74) is 1.57.